The number of alkyl halides is 2. The van der Waals surface area contributed by atoms with Gasteiger partial charge in [-0.1, -0.05) is 12.5 Å². The Balaban J connectivity index is 2.29. The highest BCUT2D eigenvalue weighted by Gasteiger charge is 2.49. The highest BCUT2D eigenvalue weighted by molar-refractivity contribution is 5.92. The van der Waals surface area contributed by atoms with Crippen molar-refractivity contribution in [2.45, 2.75) is 43.6 Å². The van der Waals surface area contributed by atoms with E-state index in [-0.39, 0.29) is 12.8 Å². The highest BCUT2D eigenvalue weighted by atomic mass is 19.3. The lowest BCUT2D eigenvalue weighted by Crippen LogP contribution is -2.54. The fourth-order valence-electron chi connectivity index (χ4n) is 2.77. The van der Waals surface area contributed by atoms with E-state index < -0.39 is 53.4 Å². The molecule has 1 saturated carbocycles. The van der Waals surface area contributed by atoms with Crippen LogP contribution in [0.4, 0.5) is 17.6 Å². The number of amides is 1. The summed E-state index contributed by atoms with van der Waals surface area (Å²) in [6.45, 7) is 0. The first-order chi connectivity index (χ1) is 10.8. The van der Waals surface area contributed by atoms with Crippen molar-refractivity contribution in [1.29, 1.82) is 0 Å². The van der Waals surface area contributed by atoms with Crippen molar-refractivity contribution >= 4 is 11.9 Å². The summed E-state index contributed by atoms with van der Waals surface area (Å²) in [5.41, 5.74) is -1.99. The van der Waals surface area contributed by atoms with Crippen molar-refractivity contribution in [3.05, 3.63) is 35.4 Å². The van der Waals surface area contributed by atoms with Crippen LogP contribution in [0.5, 0.6) is 0 Å². The number of nitrogens with one attached hydrogen (secondary N) is 1. The molecule has 0 saturated heterocycles. The molecule has 0 bridgehead atoms. The molecule has 1 fully saturated rings. The van der Waals surface area contributed by atoms with E-state index in [0.29, 0.717) is 6.42 Å². The van der Waals surface area contributed by atoms with E-state index in [1.54, 1.807) is 0 Å². The topological polar surface area (TPSA) is 66.4 Å². The van der Waals surface area contributed by atoms with Crippen molar-refractivity contribution < 1.29 is 32.3 Å². The fraction of sp³-hybridized carbons (Fsp3) is 0.467. The number of rotatable bonds is 6. The van der Waals surface area contributed by atoms with Crippen molar-refractivity contribution in [1.82, 2.24) is 5.32 Å². The smallest absolute Gasteiger partial charge is 0.326 e. The normalized spacial score (nSPS) is 17.4. The summed E-state index contributed by atoms with van der Waals surface area (Å²) in [5, 5.41) is 10.9. The maximum atomic E-state index is 14.0. The SMILES string of the molecule is O=C(O)C(CC(F)F)NC(=O)C1(c2c(F)cccc2F)CCC1. The van der Waals surface area contributed by atoms with Gasteiger partial charge in [-0.25, -0.2) is 22.4 Å². The number of halogens is 4. The molecule has 1 aliphatic rings. The number of carbonyl (C=O) groups excluding carboxylic acids is 1. The molecule has 0 radical (unpaired) electrons. The Morgan fingerprint density at radius 3 is 2.17 bits per heavy atom. The minimum Gasteiger partial charge on any atom is -0.480 e. The van der Waals surface area contributed by atoms with E-state index in [4.69, 9.17) is 5.11 Å². The summed E-state index contributed by atoms with van der Waals surface area (Å²) in [7, 11) is 0. The summed E-state index contributed by atoms with van der Waals surface area (Å²) in [6.07, 6.45) is -3.24. The van der Waals surface area contributed by atoms with E-state index >= 15 is 0 Å². The Hall–Kier alpha value is -2.12. The molecule has 1 aromatic carbocycles. The molecule has 1 atom stereocenters. The number of carboxylic acids is 1. The van der Waals surface area contributed by atoms with E-state index in [2.05, 4.69) is 0 Å². The molecule has 1 aliphatic carbocycles. The molecule has 23 heavy (non-hydrogen) atoms. The maximum Gasteiger partial charge on any atom is 0.326 e. The van der Waals surface area contributed by atoms with Gasteiger partial charge in [0.25, 0.3) is 0 Å². The highest BCUT2D eigenvalue weighted by Crippen LogP contribution is 2.46. The van der Waals surface area contributed by atoms with Gasteiger partial charge in [0, 0.05) is 12.0 Å². The van der Waals surface area contributed by atoms with E-state index in [1.807, 2.05) is 5.32 Å². The largest absolute Gasteiger partial charge is 0.480 e. The van der Waals surface area contributed by atoms with Crippen LogP contribution in [0, 0.1) is 11.6 Å². The first-order valence-electron chi connectivity index (χ1n) is 7.04. The number of carbonyl (C=O) groups is 2. The second kappa shape index (κ2) is 6.55. The van der Waals surface area contributed by atoms with Gasteiger partial charge in [-0.2, -0.15) is 0 Å². The van der Waals surface area contributed by atoms with Crippen LogP contribution >= 0.6 is 0 Å². The zero-order valence-corrected chi connectivity index (χ0v) is 12.0. The third kappa shape index (κ3) is 3.30. The molecule has 8 heteroatoms. The Labute approximate surface area is 129 Å². The standard InChI is InChI=1S/C15H15F4NO3/c16-8-3-1-4-9(17)12(8)15(5-2-6-15)14(23)20-10(13(21)22)7-11(18)19/h1,3-4,10-11H,2,5-7H2,(H,20,23)(H,21,22). The van der Waals surface area contributed by atoms with Gasteiger partial charge < -0.3 is 10.4 Å². The number of carboxylic acid groups (broad SMARTS) is 1. The van der Waals surface area contributed by atoms with Crippen LogP contribution < -0.4 is 5.32 Å². The van der Waals surface area contributed by atoms with Gasteiger partial charge in [-0.15, -0.1) is 0 Å². The molecule has 2 rings (SSSR count). The zero-order chi connectivity index (χ0) is 17.2. The van der Waals surface area contributed by atoms with Gasteiger partial charge in [0.15, 0.2) is 0 Å². The van der Waals surface area contributed by atoms with Crippen molar-refractivity contribution in [2.75, 3.05) is 0 Å². The Bertz CT molecular complexity index is 596. The molecule has 4 nitrogen and oxygen atoms in total. The predicted octanol–water partition coefficient (Wildman–Crippen LogP) is 2.61. The third-order valence-corrected chi connectivity index (χ3v) is 4.10. The third-order valence-electron chi connectivity index (χ3n) is 4.10. The molecule has 0 aromatic heterocycles. The Morgan fingerprint density at radius 2 is 1.78 bits per heavy atom. The number of aliphatic carboxylic acids is 1. The van der Waals surface area contributed by atoms with Crippen LogP contribution in [0.2, 0.25) is 0 Å². The zero-order valence-electron chi connectivity index (χ0n) is 12.0. The summed E-state index contributed by atoms with van der Waals surface area (Å²) in [6, 6.07) is 1.34. The molecule has 0 aliphatic heterocycles. The summed E-state index contributed by atoms with van der Waals surface area (Å²) >= 11 is 0. The monoisotopic (exact) mass is 333 g/mol. The van der Waals surface area contributed by atoms with Gasteiger partial charge >= 0.3 is 5.97 Å². The van der Waals surface area contributed by atoms with Crippen molar-refractivity contribution in [3.8, 4) is 0 Å². The molecule has 1 amide bonds. The molecule has 0 spiro atoms. The average molecular weight is 333 g/mol. The van der Waals surface area contributed by atoms with Crippen LogP contribution in [0.3, 0.4) is 0 Å². The van der Waals surface area contributed by atoms with E-state index in [0.717, 1.165) is 18.2 Å². The molecule has 126 valence electrons. The number of hydrogen-bond donors (Lipinski definition) is 2. The van der Waals surface area contributed by atoms with Crippen LogP contribution in [-0.2, 0) is 15.0 Å². The van der Waals surface area contributed by atoms with Crippen molar-refractivity contribution in [2.24, 2.45) is 0 Å². The molecule has 1 aromatic rings. The molecular formula is C15H15F4NO3. The summed E-state index contributed by atoms with van der Waals surface area (Å²) < 4.78 is 52.8. The lowest BCUT2D eigenvalue weighted by atomic mass is 9.63. The second-order valence-corrected chi connectivity index (χ2v) is 5.52. The minimum absolute atomic E-state index is 0.123. The second-order valence-electron chi connectivity index (χ2n) is 5.52. The first-order valence-corrected chi connectivity index (χ1v) is 7.04. The molecular weight excluding hydrogens is 318 g/mol. The summed E-state index contributed by atoms with van der Waals surface area (Å²) in [4.78, 5) is 23.4. The average Bonchev–Trinajstić information content (AvgIpc) is 2.39. The van der Waals surface area contributed by atoms with Crippen LogP contribution in [-0.4, -0.2) is 29.5 Å². The van der Waals surface area contributed by atoms with Gasteiger partial charge in [-0.05, 0) is 25.0 Å². The fourth-order valence-corrected chi connectivity index (χ4v) is 2.77. The lowest BCUT2D eigenvalue weighted by Gasteiger charge is -2.41. The van der Waals surface area contributed by atoms with Gasteiger partial charge in [-0.3, -0.25) is 4.79 Å². The van der Waals surface area contributed by atoms with Crippen LogP contribution in [0.15, 0.2) is 18.2 Å². The molecule has 1 unspecified atom stereocenters. The van der Waals surface area contributed by atoms with E-state index in [1.165, 1.54) is 0 Å². The lowest BCUT2D eigenvalue weighted by molar-refractivity contribution is -0.144. The van der Waals surface area contributed by atoms with Gasteiger partial charge in [0.05, 0.1) is 5.41 Å². The maximum absolute atomic E-state index is 14.0. The first kappa shape index (κ1) is 17.2. The minimum atomic E-state index is -2.93. The Kier molecular flexibility index (Phi) is 4.91. The van der Waals surface area contributed by atoms with Gasteiger partial charge in [0.1, 0.15) is 17.7 Å². The van der Waals surface area contributed by atoms with Crippen LogP contribution in [0.25, 0.3) is 0 Å². The quantitative estimate of drug-likeness (QED) is 0.787. The number of benzene rings is 1. The summed E-state index contributed by atoms with van der Waals surface area (Å²) in [5.74, 6) is -4.40. The van der Waals surface area contributed by atoms with E-state index in [9.17, 15) is 27.2 Å². The van der Waals surface area contributed by atoms with Gasteiger partial charge in [0.2, 0.25) is 12.3 Å². The number of hydrogen-bond acceptors (Lipinski definition) is 2. The Morgan fingerprint density at radius 1 is 1.22 bits per heavy atom. The van der Waals surface area contributed by atoms with Crippen molar-refractivity contribution in [3.63, 3.8) is 0 Å². The molecule has 0 heterocycles. The predicted molar refractivity (Wildman–Crippen MR) is 72.1 cm³/mol. The molecule has 2 N–H and O–H groups in total. The van der Waals surface area contributed by atoms with Crippen LogP contribution in [0.1, 0.15) is 31.2 Å².